The smallest absolute Gasteiger partial charge is 0.225 e. The van der Waals surface area contributed by atoms with Crippen molar-refractivity contribution in [1.82, 2.24) is 14.9 Å². The molecule has 0 saturated carbocycles. The standard InChI is InChI=1S/C20H24N4O/c1-2-4-15(5-3-1)14-24-16-6-7-19(24)17-13-21-20(22-18(17)12-16)23-8-10-25-11-9-23/h1-5,13,16,19H,6-12,14H2/t16-,19-/m1/s1. The van der Waals surface area contributed by atoms with Gasteiger partial charge in [0.1, 0.15) is 0 Å². The normalized spacial score (nSPS) is 25.8. The topological polar surface area (TPSA) is 41.5 Å². The number of aromatic nitrogens is 2. The first kappa shape index (κ1) is 15.3. The zero-order valence-corrected chi connectivity index (χ0v) is 14.5. The lowest BCUT2D eigenvalue weighted by molar-refractivity contribution is 0.122. The Morgan fingerprint density at radius 2 is 1.92 bits per heavy atom. The highest BCUT2D eigenvalue weighted by Crippen LogP contribution is 2.43. The maximum absolute atomic E-state index is 5.44. The fourth-order valence-electron chi connectivity index (χ4n) is 4.52. The predicted molar refractivity (Wildman–Crippen MR) is 96.5 cm³/mol. The molecule has 0 amide bonds. The van der Waals surface area contributed by atoms with Crippen LogP contribution in [0.15, 0.2) is 36.5 Å². The number of fused-ring (bicyclic) bond motifs is 4. The summed E-state index contributed by atoms with van der Waals surface area (Å²) in [4.78, 5) is 14.6. The first-order valence-electron chi connectivity index (χ1n) is 9.36. The van der Waals surface area contributed by atoms with Crippen LogP contribution in [0.4, 0.5) is 5.95 Å². The van der Waals surface area contributed by atoms with Crippen LogP contribution in [-0.2, 0) is 17.7 Å². The molecule has 0 unspecified atom stereocenters. The Hall–Kier alpha value is -1.98. The molecular weight excluding hydrogens is 312 g/mol. The van der Waals surface area contributed by atoms with Gasteiger partial charge in [0.05, 0.1) is 18.9 Å². The lowest BCUT2D eigenvalue weighted by Gasteiger charge is -2.36. The van der Waals surface area contributed by atoms with Crippen molar-refractivity contribution < 1.29 is 4.74 Å². The minimum atomic E-state index is 0.479. The van der Waals surface area contributed by atoms with Crippen molar-refractivity contribution in [1.29, 1.82) is 0 Å². The van der Waals surface area contributed by atoms with E-state index in [9.17, 15) is 0 Å². The number of hydrogen-bond donors (Lipinski definition) is 0. The molecule has 4 heterocycles. The second-order valence-corrected chi connectivity index (χ2v) is 7.28. The summed E-state index contributed by atoms with van der Waals surface area (Å²) in [7, 11) is 0. The molecule has 1 aromatic carbocycles. The summed E-state index contributed by atoms with van der Waals surface area (Å²) in [6.45, 7) is 4.37. The molecule has 2 atom stereocenters. The van der Waals surface area contributed by atoms with Gasteiger partial charge in [0.25, 0.3) is 0 Å². The molecule has 1 aromatic heterocycles. The zero-order chi connectivity index (χ0) is 16.6. The first-order chi connectivity index (χ1) is 12.4. The molecule has 0 spiro atoms. The molecule has 0 radical (unpaired) electrons. The van der Waals surface area contributed by atoms with Crippen LogP contribution in [0.25, 0.3) is 0 Å². The number of nitrogens with zero attached hydrogens (tertiary/aromatic N) is 4. The largest absolute Gasteiger partial charge is 0.378 e. The van der Waals surface area contributed by atoms with E-state index in [1.807, 2.05) is 0 Å². The molecule has 0 aliphatic carbocycles. The van der Waals surface area contributed by atoms with Gasteiger partial charge in [-0.3, -0.25) is 4.90 Å². The van der Waals surface area contributed by atoms with E-state index in [-0.39, 0.29) is 0 Å². The second-order valence-electron chi connectivity index (χ2n) is 7.28. The first-order valence-corrected chi connectivity index (χ1v) is 9.36. The fourth-order valence-corrected chi connectivity index (χ4v) is 4.52. The quantitative estimate of drug-likeness (QED) is 0.862. The molecule has 5 nitrogen and oxygen atoms in total. The lowest BCUT2D eigenvalue weighted by Crippen LogP contribution is -2.40. The van der Waals surface area contributed by atoms with Crippen LogP contribution in [-0.4, -0.2) is 47.2 Å². The highest BCUT2D eigenvalue weighted by molar-refractivity contribution is 5.37. The van der Waals surface area contributed by atoms with Crippen molar-refractivity contribution in [3.8, 4) is 0 Å². The predicted octanol–water partition coefficient (Wildman–Crippen LogP) is 2.58. The third-order valence-corrected chi connectivity index (χ3v) is 5.82. The van der Waals surface area contributed by atoms with Gasteiger partial charge in [-0.05, 0) is 18.4 Å². The van der Waals surface area contributed by atoms with E-state index in [2.05, 4.69) is 46.3 Å². The van der Waals surface area contributed by atoms with Crippen LogP contribution >= 0.6 is 0 Å². The summed E-state index contributed by atoms with van der Waals surface area (Å²) >= 11 is 0. The summed E-state index contributed by atoms with van der Waals surface area (Å²) in [6, 6.07) is 11.9. The van der Waals surface area contributed by atoms with Crippen LogP contribution in [0.1, 0.15) is 35.7 Å². The molecule has 2 fully saturated rings. The Morgan fingerprint density at radius 1 is 1.08 bits per heavy atom. The minimum absolute atomic E-state index is 0.479. The molecule has 2 saturated heterocycles. The van der Waals surface area contributed by atoms with Crippen LogP contribution in [0, 0.1) is 0 Å². The van der Waals surface area contributed by atoms with Gasteiger partial charge < -0.3 is 9.64 Å². The van der Waals surface area contributed by atoms with Crippen molar-refractivity contribution in [2.75, 3.05) is 31.2 Å². The Bertz CT molecular complexity index is 745. The Kier molecular flexibility index (Phi) is 3.91. The monoisotopic (exact) mass is 336 g/mol. The van der Waals surface area contributed by atoms with Crippen LogP contribution in [0.3, 0.4) is 0 Å². The average molecular weight is 336 g/mol. The van der Waals surface area contributed by atoms with Crippen LogP contribution < -0.4 is 4.90 Å². The molecule has 0 N–H and O–H groups in total. The average Bonchev–Trinajstić information content (AvgIpc) is 2.95. The second kappa shape index (κ2) is 6.39. The molecule has 2 bridgehead atoms. The Labute approximate surface area is 148 Å². The van der Waals surface area contributed by atoms with Crippen molar-refractivity contribution >= 4 is 5.95 Å². The van der Waals surface area contributed by atoms with Crippen molar-refractivity contribution in [3.05, 3.63) is 53.3 Å². The number of morpholine rings is 1. The van der Waals surface area contributed by atoms with Crippen LogP contribution in [0.5, 0.6) is 0 Å². The molecule has 130 valence electrons. The summed E-state index contributed by atoms with van der Waals surface area (Å²) < 4.78 is 5.44. The summed E-state index contributed by atoms with van der Waals surface area (Å²) in [5.41, 5.74) is 4.02. The number of ether oxygens (including phenoxy) is 1. The van der Waals surface area contributed by atoms with Gasteiger partial charge in [-0.15, -0.1) is 0 Å². The Morgan fingerprint density at radius 3 is 2.76 bits per heavy atom. The van der Waals surface area contributed by atoms with Crippen LogP contribution in [0.2, 0.25) is 0 Å². The van der Waals surface area contributed by atoms with Gasteiger partial charge >= 0.3 is 0 Å². The molecule has 3 aliphatic rings. The SMILES string of the molecule is c1ccc(CN2[C@@H]3CC[C@@H]2c2cnc(N4CCOCC4)nc2C3)cc1. The number of benzene rings is 1. The fraction of sp³-hybridized carbons (Fsp3) is 0.500. The maximum atomic E-state index is 5.44. The molecule has 3 aliphatic heterocycles. The van der Waals surface area contributed by atoms with Gasteiger partial charge in [-0.2, -0.15) is 0 Å². The number of anilines is 1. The van der Waals surface area contributed by atoms with Gasteiger partial charge in [-0.25, -0.2) is 9.97 Å². The molecule has 5 rings (SSSR count). The summed E-state index contributed by atoms with van der Waals surface area (Å²) in [6.07, 6.45) is 5.64. The van der Waals surface area contributed by atoms with E-state index in [0.29, 0.717) is 12.1 Å². The third-order valence-electron chi connectivity index (χ3n) is 5.82. The minimum Gasteiger partial charge on any atom is -0.378 e. The molecule has 25 heavy (non-hydrogen) atoms. The third kappa shape index (κ3) is 2.81. The highest BCUT2D eigenvalue weighted by atomic mass is 16.5. The van der Waals surface area contributed by atoms with E-state index < -0.39 is 0 Å². The van der Waals surface area contributed by atoms with Gasteiger partial charge in [0.2, 0.25) is 5.95 Å². The maximum Gasteiger partial charge on any atom is 0.225 e. The number of rotatable bonds is 3. The van der Waals surface area contributed by atoms with E-state index in [1.54, 1.807) is 0 Å². The van der Waals surface area contributed by atoms with E-state index >= 15 is 0 Å². The van der Waals surface area contributed by atoms with Gasteiger partial charge in [-0.1, -0.05) is 30.3 Å². The summed E-state index contributed by atoms with van der Waals surface area (Å²) in [5.74, 6) is 0.887. The van der Waals surface area contributed by atoms with Gasteiger partial charge in [0, 0.05) is 49.9 Å². The molecule has 2 aromatic rings. The molecular formula is C20H24N4O. The Balaban J connectivity index is 1.40. The van der Waals surface area contributed by atoms with Crippen molar-refractivity contribution in [2.24, 2.45) is 0 Å². The van der Waals surface area contributed by atoms with Crippen molar-refractivity contribution in [3.63, 3.8) is 0 Å². The van der Waals surface area contributed by atoms with E-state index in [0.717, 1.165) is 45.2 Å². The van der Waals surface area contributed by atoms with Crippen molar-refractivity contribution in [2.45, 2.75) is 37.9 Å². The zero-order valence-electron chi connectivity index (χ0n) is 14.5. The summed E-state index contributed by atoms with van der Waals surface area (Å²) in [5, 5.41) is 0. The van der Waals surface area contributed by atoms with E-state index in [1.165, 1.54) is 29.7 Å². The number of hydrogen-bond acceptors (Lipinski definition) is 5. The van der Waals surface area contributed by atoms with Gasteiger partial charge in [0.15, 0.2) is 0 Å². The highest BCUT2D eigenvalue weighted by Gasteiger charge is 2.40. The molecule has 5 heteroatoms. The van der Waals surface area contributed by atoms with E-state index in [4.69, 9.17) is 14.7 Å². The lowest BCUT2D eigenvalue weighted by atomic mass is 9.98.